The Kier molecular flexibility index (Phi) is 2.83. The van der Waals surface area contributed by atoms with Gasteiger partial charge in [-0.2, -0.15) is 0 Å². The lowest BCUT2D eigenvalue weighted by Crippen LogP contribution is -2.01. The first-order valence-corrected chi connectivity index (χ1v) is 4.86. The Labute approximate surface area is 96.6 Å². The fraction of sp³-hybridized carbons (Fsp3) is 0. The number of carbonyl (C=O) groups is 1. The van der Waals surface area contributed by atoms with Crippen molar-refractivity contribution in [2.75, 3.05) is 0 Å². The Morgan fingerprint density at radius 3 is 2.50 bits per heavy atom. The topological polar surface area (TPSA) is 63.1 Å². The number of aromatic carboxylic acids is 1. The molecule has 5 heteroatoms. The zero-order valence-electron chi connectivity index (χ0n) is 8.09. The fourth-order valence-electron chi connectivity index (χ4n) is 1.27. The molecule has 0 radical (unpaired) electrons. The maximum absolute atomic E-state index is 10.8. The molecule has 2 aromatic rings. The van der Waals surface area contributed by atoms with E-state index < -0.39 is 5.97 Å². The van der Waals surface area contributed by atoms with Gasteiger partial charge in [-0.1, -0.05) is 11.6 Å². The first-order chi connectivity index (χ1) is 7.68. The zero-order chi connectivity index (χ0) is 11.5. The van der Waals surface area contributed by atoms with Crippen molar-refractivity contribution in [2.45, 2.75) is 0 Å². The van der Waals surface area contributed by atoms with Gasteiger partial charge in [0, 0.05) is 18.0 Å². The molecule has 0 atom stereocenters. The maximum Gasteiger partial charge on any atom is 0.354 e. The first kappa shape index (κ1) is 10.6. The molecular formula is C11H7ClN2O2. The highest BCUT2D eigenvalue weighted by Gasteiger charge is 2.10. The highest BCUT2D eigenvalue weighted by molar-refractivity contribution is 6.33. The lowest BCUT2D eigenvalue weighted by molar-refractivity contribution is 0.0690. The summed E-state index contributed by atoms with van der Waals surface area (Å²) in [7, 11) is 0. The molecular weight excluding hydrogens is 228 g/mol. The molecule has 2 heterocycles. The van der Waals surface area contributed by atoms with Gasteiger partial charge in [0.1, 0.15) is 5.69 Å². The van der Waals surface area contributed by atoms with Gasteiger partial charge < -0.3 is 5.11 Å². The lowest BCUT2D eigenvalue weighted by Gasteiger charge is -2.04. The van der Waals surface area contributed by atoms with E-state index in [2.05, 4.69) is 9.97 Å². The number of carboxylic acids is 1. The highest BCUT2D eigenvalue weighted by atomic mass is 35.5. The van der Waals surface area contributed by atoms with E-state index in [-0.39, 0.29) is 5.69 Å². The third kappa shape index (κ3) is 2.01. The molecule has 0 fully saturated rings. The molecule has 0 aliphatic rings. The number of carboxylic acid groups (broad SMARTS) is 1. The van der Waals surface area contributed by atoms with Gasteiger partial charge in [0.05, 0.1) is 10.7 Å². The zero-order valence-corrected chi connectivity index (χ0v) is 8.85. The summed E-state index contributed by atoms with van der Waals surface area (Å²) < 4.78 is 0. The molecule has 0 unspecified atom stereocenters. The van der Waals surface area contributed by atoms with Crippen LogP contribution in [0.2, 0.25) is 5.02 Å². The predicted octanol–water partition coefficient (Wildman–Crippen LogP) is 2.50. The average molecular weight is 235 g/mol. The van der Waals surface area contributed by atoms with Crippen LogP contribution in [-0.4, -0.2) is 21.0 Å². The Morgan fingerprint density at radius 2 is 1.88 bits per heavy atom. The Bertz CT molecular complexity index is 529. The van der Waals surface area contributed by atoms with Gasteiger partial charge in [0.25, 0.3) is 0 Å². The van der Waals surface area contributed by atoms with Crippen LogP contribution in [0.4, 0.5) is 0 Å². The van der Waals surface area contributed by atoms with Gasteiger partial charge in [0.2, 0.25) is 0 Å². The summed E-state index contributed by atoms with van der Waals surface area (Å²) in [5.41, 5.74) is 1.16. The molecule has 0 aliphatic heterocycles. The van der Waals surface area contributed by atoms with Crippen LogP contribution in [0, 0.1) is 0 Å². The minimum Gasteiger partial charge on any atom is -0.477 e. The second-order valence-corrected chi connectivity index (χ2v) is 3.48. The number of nitrogens with zero attached hydrogens (tertiary/aromatic N) is 2. The van der Waals surface area contributed by atoms with E-state index in [9.17, 15) is 4.79 Å². The monoisotopic (exact) mass is 234 g/mol. The van der Waals surface area contributed by atoms with Crippen LogP contribution in [-0.2, 0) is 0 Å². The van der Waals surface area contributed by atoms with Gasteiger partial charge in [-0.3, -0.25) is 4.98 Å². The van der Waals surface area contributed by atoms with Gasteiger partial charge in [-0.25, -0.2) is 9.78 Å². The molecule has 2 rings (SSSR count). The van der Waals surface area contributed by atoms with Crippen LogP contribution >= 0.6 is 11.6 Å². The van der Waals surface area contributed by atoms with E-state index in [1.807, 2.05) is 0 Å². The average Bonchev–Trinajstić information content (AvgIpc) is 2.30. The fourth-order valence-corrected chi connectivity index (χ4v) is 1.49. The number of pyridine rings is 2. The van der Waals surface area contributed by atoms with E-state index in [1.54, 1.807) is 24.5 Å². The van der Waals surface area contributed by atoms with E-state index in [0.29, 0.717) is 10.7 Å². The predicted molar refractivity (Wildman–Crippen MR) is 59.4 cm³/mol. The van der Waals surface area contributed by atoms with Crippen LogP contribution in [0.25, 0.3) is 11.3 Å². The summed E-state index contributed by atoms with van der Waals surface area (Å²) in [6, 6.07) is 6.34. The van der Waals surface area contributed by atoms with Crippen LogP contribution in [0.1, 0.15) is 10.5 Å². The van der Waals surface area contributed by atoms with E-state index in [4.69, 9.17) is 16.7 Å². The smallest absolute Gasteiger partial charge is 0.354 e. The van der Waals surface area contributed by atoms with E-state index in [1.165, 1.54) is 12.1 Å². The molecule has 0 bridgehead atoms. The number of halogens is 1. The minimum atomic E-state index is -1.08. The largest absolute Gasteiger partial charge is 0.477 e. The molecule has 0 amide bonds. The summed E-state index contributed by atoms with van der Waals surface area (Å²) in [5.74, 6) is -1.08. The molecule has 0 saturated carbocycles. The molecule has 0 spiro atoms. The van der Waals surface area contributed by atoms with E-state index >= 15 is 0 Å². The Balaban J connectivity index is 2.56. The highest BCUT2D eigenvalue weighted by Crippen LogP contribution is 2.25. The summed E-state index contributed by atoms with van der Waals surface area (Å²) >= 11 is 5.96. The van der Waals surface area contributed by atoms with Crippen LogP contribution in [0.5, 0.6) is 0 Å². The summed E-state index contributed by atoms with van der Waals surface area (Å²) in [6.07, 6.45) is 3.20. The van der Waals surface area contributed by atoms with Gasteiger partial charge in [-0.15, -0.1) is 0 Å². The number of rotatable bonds is 2. The second-order valence-electron chi connectivity index (χ2n) is 3.07. The normalized spacial score (nSPS) is 10.1. The lowest BCUT2D eigenvalue weighted by atomic mass is 10.1. The number of hydrogen-bond donors (Lipinski definition) is 1. The van der Waals surface area contributed by atoms with Crippen molar-refractivity contribution < 1.29 is 9.90 Å². The van der Waals surface area contributed by atoms with E-state index in [0.717, 1.165) is 5.56 Å². The molecule has 2 aromatic heterocycles. The first-order valence-electron chi connectivity index (χ1n) is 4.49. The van der Waals surface area contributed by atoms with Crippen molar-refractivity contribution in [3.63, 3.8) is 0 Å². The molecule has 0 aromatic carbocycles. The second kappa shape index (κ2) is 4.28. The molecule has 4 nitrogen and oxygen atoms in total. The van der Waals surface area contributed by atoms with Crippen molar-refractivity contribution in [2.24, 2.45) is 0 Å². The Hall–Kier alpha value is -1.94. The number of aromatic nitrogens is 2. The van der Waals surface area contributed by atoms with Gasteiger partial charge in [-0.05, 0) is 24.3 Å². The third-order valence-corrected chi connectivity index (χ3v) is 2.32. The SMILES string of the molecule is O=C(O)c1ccc(Cl)c(-c2ccncc2)n1. The summed E-state index contributed by atoms with van der Waals surface area (Å²) in [5, 5.41) is 9.24. The Morgan fingerprint density at radius 1 is 1.19 bits per heavy atom. The minimum absolute atomic E-state index is 0.0313. The summed E-state index contributed by atoms with van der Waals surface area (Å²) in [4.78, 5) is 18.6. The van der Waals surface area contributed by atoms with Gasteiger partial charge >= 0.3 is 5.97 Å². The van der Waals surface area contributed by atoms with Gasteiger partial charge in [0.15, 0.2) is 0 Å². The quantitative estimate of drug-likeness (QED) is 0.867. The van der Waals surface area contributed by atoms with Crippen molar-refractivity contribution in [1.29, 1.82) is 0 Å². The molecule has 80 valence electrons. The molecule has 1 N–H and O–H groups in total. The van der Waals surface area contributed by atoms with Crippen LogP contribution < -0.4 is 0 Å². The molecule has 0 saturated heterocycles. The molecule has 16 heavy (non-hydrogen) atoms. The van der Waals surface area contributed by atoms with Crippen LogP contribution in [0.3, 0.4) is 0 Å². The van der Waals surface area contributed by atoms with Crippen molar-refractivity contribution >= 4 is 17.6 Å². The molecule has 0 aliphatic carbocycles. The standard InChI is InChI=1S/C11H7ClN2O2/c12-8-1-2-9(11(15)16)14-10(8)7-3-5-13-6-4-7/h1-6H,(H,15,16). The van der Waals surface area contributed by atoms with Crippen molar-refractivity contribution in [1.82, 2.24) is 9.97 Å². The van der Waals surface area contributed by atoms with Crippen molar-refractivity contribution in [3.05, 3.63) is 47.4 Å². The maximum atomic E-state index is 10.8. The van der Waals surface area contributed by atoms with Crippen molar-refractivity contribution in [3.8, 4) is 11.3 Å². The van der Waals surface area contributed by atoms with Crippen LogP contribution in [0.15, 0.2) is 36.7 Å². The number of hydrogen-bond acceptors (Lipinski definition) is 3. The summed E-state index contributed by atoms with van der Waals surface area (Å²) in [6.45, 7) is 0. The third-order valence-electron chi connectivity index (χ3n) is 2.02.